The number of anilines is 1. The summed E-state index contributed by atoms with van der Waals surface area (Å²) in [4.78, 5) is 25.3. The number of aromatic nitrogens is 3. The molecule has 0 aliphatic rings. The minimum atomic E-state index is -0.528. The number of amides is 1. The topological polar surface area (TPSA) is 95.3 Å². The number of hydrogen-bond acceptors (Lipinski definition) is 8. The Bertz CT molecular complexity index is 1410. The van der Waals surface area contributed by atoms with Crippen molar-refractivity contribution in [3.05, 3.63) is 76.1 Å². The van der Waals surface area contributed by atoms with E-state index in [1.807, 2.05) is 47.2 Å². The first-order chi connectivity index (χ1) is 17.9. The zero-order chi connectivity index (χ0) is 26.4. The van der Waals surface area contributed by atoms with Gasteiger partial charge in [0.15, 0.2) is 11.0 Å². The highest BCUT2D eigenvalue weighted by Crippen LogP contribution is 2.36. The van der Waals surface area contributed by atoms with Gasteiger partial charge < -0.3 is 19.4 Å². The predicted octanol–water partition coefficient (Wildman–Crippen LogP) is 5.92. The Kier molecular flexibility index (Phi) is 8.80. The predicted molar refractivity (Wildman–Crippen MR) is 142 cm³/mol. The molecule has 0 aliphatic carbocycles. The first-order valence-corrected chi connectivity index (χ1v) is 13.3. The van der Waals surface area contributed by atoms with Crippen LogP contribution in [-0.2, 0) is 22.7 Å². The molecule has 37 heavy (non-hydrogen) atoms. The molecule has 0 saturated heterocycles. The number of carbonyl (C=O) groups is 2. The maximum Gasteiger partial charge on any atom is 0.341 e. The van der Waals surface area contributed by atoms with E-state index in [1.54, 1.807) is 0 Å². The van der Waals surface area contributed by atoms with Crippen molar-refractivity contribution in [1.82, 2.24) is 14.8 Å². The first-order valence-electron chi connectivity index (χ1n) is 11.1. The smallest absolute Gasteiger partial charge is 0.341 e. The van der Waals surface area contributed by atoms with Gasteiger partial charge in [-0.25, -0.2) is 9.18 Å². The third-order valence-corrected chi connectivity index (χ3v) is 7.37. The standard InChI is InChI=1S/C25H22ClFN4O4S2/c1-3-31-20(12-35-16-9-10-19(27)18(26)11-16)29-30-25(31)37-14-21(32)28-23-22(24(33)34-2)17(13-36-23)15-7-5-4-6-8-15/h4-11,13H,3,12,14H2,1-2H3,(H,28,32). The Balaban J connectivity index is 1.41. The van der Waals surface area contributed by atoms with Crippen molar-refractivity contribution in [2.45, 2.75) is 25.2 Å². The van der Waals surface area contributed by atoms with Crippen LogP contribution in [0.1, 0.15) is 23.1 Å². The number of esters is 1. The number of rotatable bonds is 10. The highest BCUT2D eigenvalue weighted by molar-refractivity contribution is 7.99. The molecule has 192 valence electrons. The van der Waals surface area contributed by atoms with Crippen LogP contribution in [0.25, 0.3) is 11.1 Å². The van der Waals surface area contributed by atoms with E-state index in [4.69, 9.17) is 21.1 Å². The highest BCUT2D eigenvalue weighted by atomic mass is 35.5. The van der Waals surface area contributed by atoms with E-state index < -0.39 is 11.8 Å². The van der Waals surface area contributed by atoms with Gasteiger partial charge >= 0.3 is 5.97 Å². The number of methoxy groups -OCH3 is 1. The number of nitrogens with one attached hydrogen (secondary N) is 1. The van der Waals surface area contributed by atoms with Crippen molar-refractivity contribution < 1.29 is 23.5 Å². The number of thiophene rings is 1. The lowest BCUT2D eigenvalue weighted by molar-refractivity contribution is -0.113. The minimum Gasteiger partial charge on any atom is -0.486 e. The van der Waals surface area contributed by atoms with Gasteiger partial charge in [0.05, 0.1) is 17.9 Å². The van der Waals surface area contributed by atoms with Crippen LogP contribution < -0.4 is 10.1 Å². The van der Waals surface area contributed by atoms with E-state index in [2.05, 4.69) is 15.5 Å². The van der Waals surface area contributed by atoms with E-state index in [0.717, 1.165) is 5.56 Å². The normalized spacial score (nSPS) is 10.8. The Labute approximate surface area is 225 Å². The number of carbonyl (C=O) groups excluding carboxylic acids is 2. The maximum absolute atomic E-state index is 13.4. The first kappa shape index (κ1) is 26.6. The van der Waals surface area contributed by atoms with Crippen molar-refractivity contribution in [1.29, 1.82) is 0 Å². The van der Waals surface area contributed by atoms with Gasteiger partial charge in [-0.1, -0.05) is 53.7 Å². The third-order valence-electron chi connectivity index (χ3n) is 5.22. The molecule has 0 radical (unpaired) electrons. The molecule has 0 spiro atoms. The number of ether oxygens (including phenoxy) is 2. The average Bonchev–Trinajstić information content (AvgIpc) is 3.51. The van der Waals surface area contributed by atoms with Crippen LogP contribution in [0.2, 0.25) is 5.02 Å². The fraction of sp³-hybridized carbons (Fsp3) is 0.200. The third kappa shape index (κ3) is 6.30. The number of nitrogens with zero attached hydrogens (tertiary/aromatic N) is 3. The van der Waals surface area contributed by atoms with Crippen LogP contribution in [0.5, 0.6) is 5.75 Å². The second-order valence-corrected chi connectivity index (χ2v) is 9.78. The molecule has 0 fully saturated rings. The van der Waals surface area contributed by atoms with E-state index in [1.165, 1.54) is 48.4 Å². The van der Waals surface area contributed by atoms with Gasteiger partial charge in [-0.3, -0.25) is 4.79 Å². The van der Waals surface area contributed by atoms with Crippen molar-refractivity contribution in [2.75, 3.05) is 18.2 Å². The van der Waals surface area contributed by atoms with Crippen molar-refractivity contribution >= 4 is 51.6 Å². The number of hydrogen-bond donors (Lipinski definition) is 1. The van der Waals surface area contributed by atoms with Crippen molar-refractivity contribution in [2.24, 2.45) is 0 Å². The Morgan fingerprint density at radius 1 is 1.19 bits per heavy atom. The molecule has 2 aromatic heterocycles. The summed E-state index contributed by atoms with van der Waals surface area (Å²) in [7, 11) is 1.31. The molecule has 12 heteroatoms. The molecule has 2 aromatic carbocycles. The van der Waals surface area contributed by atoms with Gasteiger partial charge in [-0.15, -0.1) is 21.5 Å². The summed E-state index contributed by atoms with van der Waals surface area (Å²) < 4.78 is 25.8. The molecule has 1 amide bonds. The molecule has 1 N–H and O–H groups in total. The minimum absolute atomic E-state index is 0.0336. The molecule has 4 aromatic rings. The lowest BCUT2D eigenvalue weighted by Gasteiger charge is -2.10. The molecule has 0 atom stereocenters. The van der Waals surface area contributed by atoms with Crippen LogP contribution >= 0.6 is 34.7 Å². The van der Waals surface area contributed by atoms with Crippen molar-refractivity contribution in [3.8, 4) is 16.9 Å². The quantitative estimate of drug-likeness (QED) is 0.190. The molecule has 0 aliphatic heterocycles. The SMILES string of the molecule is CCn1c(COc2ccc(F)c(Cl)c2)nnc1SCC(=O)Nc1scc(-c2ccccc2)c1C(=O)OC. The van der Waals surface area contributed by atoms with Crippen LogP contribution in [0.15, 0.2) is 59.1 Å². The monoisotopic (exact) mass is 560 g/mol. The summed E-state index contributed by atoms with van der Waals surface area (Å²) in [6.07, 6.45) is 0. The second-order valence-electron chi connectivity index (χ2n) is 7.56. The van der Waals surface area contributed by atoms with E-state index in [-0.39, 0.29) is 23.3 Å². The van der Waals surface area contributed by atoms with E-state index in [0.29, 0.717) is 39.4 Å². The number of benzene rings is 2. The second kappa shape index (κ2) is 12.2. The van der Waals surface area contributed by atoms with E-state index in [9.17, 15) is 14.0 Å². The van der Waals surface area contributed by atoms with Gasteiger partial charge in [0, 0.05) is 23.6 Å². The van der Waals surface area contributed by atoms with Gasteiger partial charge in [-0.2, -0.15) is 0 Å². The molecule has 0 bridgehead atoms. The Morgan fingerprint density at radius 2 is 1.97 bits per heavy atom. The Morgan fingerprint density at radius 3 is 2.68 bits per heavy atom. The summed E-state index contributed by atoms with van der Waals surface area (Å²) in [5, 5.41) is 13.9. The van der Waals surface area contributed by atoms with Crippen LogP contribution in [0, 0.1) is 5.82 Å². The molecule has 0 unspecified atom stereocenters. The lowest BCUT2D eigenvalue weighted by atomic mass is 10.0. The molecule has 8 nitrogen and oxygen atoms in total. The van der Waals surface area contributed by atoms with Gasteiger partial charge in [0.2, 0.25) is 5.91 Å². The zero-order valence-electron chi connectivity index (χ0n) is 19.9. The zero-order valence-corrected chi connectivity index (χ0v) is 22.3. The van der Waals surface area contributed by atoms with Crippen LogP contribution in [0.3, 0.4) is 0 Å². The fourth-order valence-electron chi connectivity index (χ4n) is 3.44. The van der Waals surface area contributed by atoms with Crippen molar-refractivity contribution in [3.63, 3.8) is 0 Å². The van der Waals surface area contributed by atoms with Gasteiger partial charge in [0.1, 0.15) is 28.7 Å². The number of halogens is 2. The summed E-state index contributed by atoms with van der Waals surface area (Å²) in [5.41, 5.74) is 1.86. The molecule has 4 rings (SSSR count). The molecular weight excluding hydrogens is 539 g/mol. The summed E-state index contributed by atoms with van der Waals surface area (Å²) in [5.74, 6) is -0.365. The Hall–Kier alpha value is -3.41. The molecule has 0 saturated carbocycles. The maximum atomic E-state index is 13.4. The van der Waals surface area contributed by atoms with E-state index >= 15 is 0 Å². The summed E-state index contributed by atoms with van der Waals surface area (Å²) >= 11 is 8.27. The molecular formula is C25H22ClFN4O4S2. The fourth-order valence-corrected chi connectivity index (χ4v) is 5.41. The van der Waals surface area contributed by atoms with Crippen LogP contribution in [-0.4, -0.2) is 39.5 Å². The largest absolute Gasteiger partial charge is 0.486 e. The summed E-state index contributed by atoms with van der Waals surface area (Å²) in [6, 6.07) is 13.5. The summed E-state index contributed by atoms with van der Waals surface area (Å²) in [6.45, 7) is 2.57. The highest BCUT2D eigenvalue weighted by Gasteiger charge is 2.23. The number of thioether (sulfide) groups is 1. The average molecular weight is 561 g/mol. The lowest BCUT2D eigenvalue weighted by Crippen LogP contribution is -2.16. The van der Waals surface area contributed by atoms with Gasteiger partial charge in [0.25, 0.3) is 0 Å². The molecule has 2 heterocycles. The van der Waals surface area contributed by atoms with Crippen LogP contribution in [0.4, 0.5) is 9.39 Å². The van der Waals surface area contributed by atoms with Gasteiger partial charge in [-0.05, 0) is 24.6 Å².